The Morgan fingerprint density at radius 1 is 1.26 bits per heavy atom. The number of fused-ring (bicyclic) bond motifs is 5. The first-order valence-electron chi connectivity index (χ1n) is 12.3. The van der Waals surface area contributed by atoms with Crippen molar-refractivity contribution in [3.63, 3.8) is 0 Å². The van der Waals surface area contributed by atoms with Gasteiger partial charge in [-0.15, -0.1) is 0 Å². The van der Waals surface area contributed by atoms with E-state index in [4.69, 9.17) is 23.7 Å². The lowest BCUT2D eigenvalue weighted by Gasteiger charge is -2.59. The Bertz CT molecular complexity index is 987. The molecule has 3 aliphatic heterocycles. The first kappa shape index (κ1) is 26.5. The number of methoxy groups -OCH3 is 4. The average molecular weight is 600 g/mol. The summed E-state index contributed by atoms with van der Waals surface area (Å²) in [6.07, 6.45) is 3.96. The number of carbonyl (C=O) groups excluding carboxylic acids is 1. The molecule has 35 heavy (non-hydrogen) atoms. The van der Waals surface area contributed by atoms with Gasteiger partial charge in [0.2, 0.25) is 0 Å². The number of rotatable bonds is 8. The fourth-order valence-corrected chi connectivity index (χ4v) is 7.29. The molecule has 0 saturated carbocycles. The number of esters is 1. The SMILES string of the molecule is CCO[C@]12CCN3C[C@@H](CC)[C@@H](/C(=C\OC)C(=O)OC)C[C@H]3[C@@]1(OC)Nc1cc(I)cc(OC)c12. The van der Waals surface area contributed by atoms with Crippen LogP contribution in [0.15, 0.2) is 24.0 Å². The lowest BCUT2D eigenvalue weighted by atomic mass is 9.67. The van der Waals surface area contributed by atoms with Crippen molar-refractivity contribution < 1.29 is 28.5 Å². The van der Waals surface area contributed by atoms with Gasteiger partial charge in [-0.25, -0.2) is 4.79 Å². The van der Waals surface area contributed by atoms with E-state index in [9.17, 15) is 4.79 Å². The third kappa shape index (κ3) is 4.02. The molecular formula is C26H37IN2O6. The zero-order valence-electron chi connectivity index (χ0n) is 21.5. The van der Waals surface area contributed by atoms with Crippen LogP contribution < -0.4 is 10.1 Å². The molecule has 0 bridgehead atoms. The predicted octanol–water partition coefficient (Wildman–Crippen LogP) is 4.12. The summed E-state index contributed by atoms with van der Waals surface area (Å²) in [6, 6.07) is 4.12. The number of ether oxygens (including phenoxy) is 5. The van der Waals surface area contributed by atoms with Crippen LogP contribution in [-0.2, 0) is 29.3 Å². The van der Waals surface area contributed by atoms with E-state index in [0.717, 1.165) is 46.5 Å². The van der Waals surface area contributed by atoms with Crippen molar-refractivity contribution in [3.8, 4) is 5.75 Å². The second kappa shape index (κ2) is 10.4. The van der Waals surface area contributed by atoms with Gasteiger partial charge in [0, 0.05) is 36.1 Å². The molecule has 1 aromatic rings. The van der Waals surface area contributed by atoms with Gasteiger partial charge in [-0.05, 0) is 66.3 Å². The van der Waals surface area contributed by atoms with E-state index in [1.165, 1.54) is 7.11 Å². The summed E-state index contributed by atoms with van der Waals surface area (Å²) in [5, 5.41) is 3.77. The minimum absolute atomic E-state index is 0.0364. The highest BCUT2D eigenvalue weighted by molar-refractivity contribution is 14.1. The molecule has 1 N–H and O–H groups in total. The normalized spacial score (nSPS) is 32.2. The summed E-state index contributed by atoms with van der Waals surface area (Å²) in [5.74, 6) is 0.708. The van der Waals surface area contributed by atoms with Crippen LogP contribution in [0.5, 0.6) is 5.75 Å². The first-order chi connectivity index (χ1) is 16.9. The molecule has 5 atom stereocenters. The summed E-state index contributed by atoms with van der Waals surface area (Å²) < 4.78 is 30.6. The van der Waals surface area contributed by atoms with Gasteiger partial charge < -0.3 is 29.0 Å². The molecule has 3 aliphatic rings. The van der Waals surface area contributed by atoms with Crippen molar-refractivity contribution >= 4 is 34.2 Å². The summed E-state index contributed by atoms with van der Waals surface area (Å²) in [6.45, 7) is 6.44. The second-order valence-corrected chi connectivity index (χ2v) is 10.7. The summed E-state index contributed by atoms with van der Waals surface area (Å²) >= 11 is 2.31. The van der Waals surface area contributed by atoms with E-state index >= 15 is 0 Å². The molecule has 0 spiro atoms. The van der Waals surface area contributed by atoms with Gasteiger partial charge in [0.25, 0.3) is 0 Å². The first-order valence-corrected chi connectivity index (χ1v) is 13.3. The van der Waals surface area contributed by atoms with Crippen LogP contribution in [0.4, 0.5) is 5.69 Å². The fourth-order valence-electron chi connectivity index (χ4n) is 6.69. The molecule has 4 rings (SSSR count). The number of nitrogens with one attached hydrogen (secondary N) is 1. The van der Waals surface area contributed by atoms with Crippen LogP contribution in [0, 0.1) is 15.4 Å². The van der Waals surface area contributed by atoms with Crippen molar-refractivity contribution in [1.29, 1.82) is 0 Å². The molecule has 9 heteroatoms. The number of anilines is 1. The van der Waals surface area contributed by atoms with Crippen molar-refractivity contribution in [2.45, 2.75) is 50.5 Å². The molecular weight excluding hydrogens is 563 g/mol. The second-order valence-electron chi connectivity index (χ2n) is 9.43. The standard InChI is InChI=1S/C26H37IN2O6/c1-7-16-14-29-10-9-25(35-8-2)23-20(11-17(27)12-21(23)32-4)28-26(25,34-6)22(29)13-18(16)19(15-31-3)24(30)33-5/h11-12,15-16,18,22,28H,7-10,13-14H2,1-6H3/b19-15+/t16-,18+,22+,25+,26+/m1/s1. The van der Waals surface area contributed by atoms with E-state index < -0.39 is 11.3 Å². The van der Waals surface area contributed by atoms with Crippen LogP contribution in [0.2, 0.25) is 0 Å². The van der Waals surface area contributed by atoms with Gasteiger partial charge in [-0.3, -0.25) is 4.90 Å². The van der Waals surface area contributed by atoms with Crippen molar-refractivity contribution in [2.75, 3.05) is 53.5 Å². The Labute approximate surface area is 221 Å². The largest absolute Gasteiger partial charge is 0.504 e. The molecule has 2 fully saturated rings. The maximum atomic E-state index is 12.8. The van der Waals surface area contributed by atoms with Crippen LogP contribution in [0.3, 0.4) is 0 Å². The zero-order valence-corrected chi connectivity index (χ0v) is 23.6. The van der Waals surface area contributed by atoms with Gasteiger partial charge in [-0.2, -0.15) is 0 Å². The summed E-state index contributed by atoms with van der Waals surface area (Å²) in [5.41, 5.74) is 0.970. The van der Waals surface area contributed by atoms with E-state index in [0.29, 0.717) is 24.5 Å². The van der Waals surface area contributed by atoms with Crippen LogP contribution in [0.1, 0.15) is 38.7 Å². The highest BCUT2D eigenvalue weighted by Gasteiger charge is 2.69. The number of nitrogens with zero attached hydrogens (tertiary/aromatic N) is 1. The predicted molar refractivity (Wildman–Crippen MR) is 141 cm³/mol. The van der Waals surface area contributed by atoms with E-state index in [-0.39, 0.29) is 17.9 Å². The maximum Gasteiger partial charge on any atom is 0.337 e. The summed E-state index contributed by atoms with van der Waals surface area (Å²) in [7, 11) is 6.44. The Kier molecular flexibility index (Phi) is 7.90. The number of hydrogen-bond acceptors (Lipinski definition) is 8. The molecule has 194 valence electrons. The van der Waals surface area contributed by atoms with Gasteiger partial charge in [-0.1, -0.05) is 13.3 Å². The Morgan fingerprint density at radius 2 is 2.03 bits per heavy atom. The highest BCUT2D eigenvalue weighted by Crippen LogP contribution is 2.60. The molecule has 3 heterocycles. The minimum Gasteiger partial charge on any atom is -0.504 e. The molecule has 0 amide bonds. The molecule has 2 saturated heterocycles. The Balaban J connectivity index is 1.85. The number of carbonyl (C=O) groups is 1. The number of hydrogen-bond donors (Lipinski definition) is 1. The average Bonchev–Trinajstić information content (AvgIpc) is 3.16. The minimum atomic E-state index is -0.855. The molecule has 0 aromatic heterocycles. The van der Waals surface area contributed by atoms with Crippen LogP contribution in [0.25, 0.3) is 0 Å². The Morgan fingerprint density at radius 3 is 2.63 bits per heavy atom. The molecule has 1 aromatic carbocycles. The van der Waals surface area contributed by atoms with Crippen molar-refractivity contribution in [2.24, 2.45) is 11.8 Å². The quantitative estimate of drug-likeness (QED) is 0.207. The van der Waals surface area contributed by atoms with Gasteiger partial charge in [0.05, 0.1) is 44.8 Å². The Hall–Kier alpha value is -1.56. The maximum absolute atomic E-state index is 12.8. The fraction of sp³-hybridized carbons (Fsp3) is 0.654. The van der Waals surface area contributed by atoms with E-state index in [1.54, 1.807) is 27.6 Å². The van der Waals surface area contributed by atoms with Crippen molar-refractivity contribution in [3.05, 3.63) is 33.1 Å². The third-order valence-electron chi connectivity index (χ3n) is 8.09. The van der Waals surface area contributed by atoms with E-state index in [1.807, 2.05) is 13.0 Å². The molecule has 0 aliphatic carbocycles. The monoisotopic (exact) mass is 600 g/mol. The van der Waals surface area contributed by atoms with Gasteiger partial charge in [0.1, 0.15) is 11.4 Å². The number of benzene rings is 1. The lowest BCUT2D eigenvalue weighted by molar-refractivity contribution is -0.246. The number of halogens is 1. The van der Waals surface area contributed by atoms with Crippen LogP contribution in [-0.4, -0.2) is 70.8 Å². The van der Waals surface area contributed by atoms with Crippen LogP contribution >= 0.6 is 22.6 Å². The summed E-state index contributed by atoms with van der Waals surface area (Å²) in [4.78, 5) is 15.3. The van der Waals surface area contributed by atoms with Crippen molar-refractivity contribution in [1.82, 2.24) is 4.90 Å². The van der Waals surface area contributed by atoms with Gasteiger partial charge in [0.15, 0.2) is 5.72 Å². The molecule has 0 radical (unpaired) electrons. The molecule has 8 nitrogen and oxygen atoms in total. The molecule has 0 unspecified atom stereocenters. The van der Waals surface area contributed by atoms with Gasteiger partial charge >= 0.3 is 5.97 Å². The number of piperidine rings is 2. The zero-order chi connectivity index (χ0) is 25.4. The van der Waals surface area contributed by atoms with E-state index in [2.05, 4.69) is 45.8 Å². The topological polar surface area (TPSA) is 78.5 Å². The third-order valence-corrected chi connectivity index (χ3v) is 8.71. The smallest absolute Gasteiger partial charge is 0.337 e. The highest BCUT2D eigenvalue weighted by atomic mass is 127. The lowest BCUT2D eigenvalue weighted by Crippen LogP contribution is -2.73.